The molecule has 0 radical (unpaired) electrons. The molecule has 0 saturated heterocycles. The molecule has 0 bridgehead atoms. The van der Waals surface area contributed by atoms with E-state index in [2.05, 4.69) is 0 Å². The first-order valence-electron chi connectivity index (χ1n) is 9.84. The summed E-state index contributed by atoms with van der Waals surface area (Å²) in [5, 5.41) is 5.16. The predicted molar refractivity (Wildman–Crippen MR) is 105 cm³/mol. The van der Waals surface area contributed by atoms with Gasteiger partial charge in [-0.2, -0.15) is 13.2 Å². The number of rotatable bonds is 5. The highest BCUT2D eigenvalue weighted by atomic mass is 32.2. The molecule has 2 aliphatic rings. The number of primary sulfonamides is 1. The Morgan fingerprint density at radius 3 is 2.07 bits per heavy atom. The van der Waals surface area contributed by atoms with Crippen LogP contribution in [-0.4, -0.2) is 14.2 Å². The maximum Gasteiger partial charge on any atom is 0.416 e. The molecule has 4 rings (SSSR count). The summed E-state index contributed by atoms with van der Waals surface area (Å²) in [6, 6.07) is 11.1. The van der Waals surface area contributed by atoms with Crippen LogP contribution in [0.4, 0.5) is 13.2 Å². The van der Waals surface area contributed by atoms with Crippen LogP contribution in [-0.2, 0) is 27.4 Å². The Balaban J connectivity index is 1.54. The Morgan fingerprint density at radius 2 is 1.57 bits per heavy atom. The van der Waals surface area contributed by atoms with Crippen LogP contribution in [0.1, 0.15) is 48.3 Å². The summed E-state index contributed by atoms with van der Waals surface area (Å²) in [4.78, 5) is 13.1. The van der Waals surface area contributed by atoms with Crippen molar-refractivity contribution in [3.8, 4) is 0 Å². The van der Waals surface area contributed by atoms with Crippen molar-refractivity contribution in [2.24, 2.45) is 16.5 Å². The number of Topliss-reactive ketones (excluding diaryl/α,β-unsaturated/α-hetero) is 1. The van der Waals surface area contributed by atoms with Gasteiger partial charge in [0.05, 0.1) is 10.5 Å². The van der Waals surface area contributed by atoms with Crippen molar-refractivity contribution in [2.45, 2.75) is 49.1 Å². The Morgan fingerprint density at radius 1 is 1.00 bits per heavy atom. The van der Waals surface area contributed by atoms with Gasteiger partial charge >= 0.3 is 6.18 Å². The summed E-state index contributed by atoms with van der Waals surface area (Å²) in [5.74, 6) is -0.156. The average molecular weight is 437 g/mol. The van der Waals surface area contributed by atoms with E-state index in [1.165, 1.54) is 24.3 Å². The summed E-state index contributed by atoms with van der Waals surface area (Å²) >= 11 is 0. The molecule has 0 heterocycles. The van der Waals surface area contributed by atoms with Crippen LogP contribution < -0.4 is 5.14 Å². The molecule has 2 aliphatic carbocycles. The van der Waals surface area contributed by atoms with Gasteiger partial charge in [-0.05, 0) is 53.6 Å². The average Bonchev–Trinajstić information content (AvgIpc) is 3.05. The molecule has 1 spiro atoms. The number of hydrogen-bond donors (Lipinski definition) is 1. The molecule has 160 valence electrons. The van der Waals surface area contributed by atoms with Gasteiger partial charge < -0.3 is 0 Å². The van der Waals surface area contributed by atoms with Crippen LogP contribution >= 0.6 is 0 Å². The third-order valence-electron chi connectivity index (χ3n) is 6.57. The lowest BCUT2D eigenvalue weighted by molar-refractivity contribution is -0.137. The van der Waals surface area contributed by atoms with Crippen LogP contribution in [0.2, 0.25) is 0 Å². The van der Waals surface area contributed by atoms with Crippen LogP contribution in [0.3, 0.4) is 0 Å². The van der Waals surface area contributed by atoms with Gasteiger partial charge in [0.1, 0.15) is 5.78 Å². The van der Waals surface area contributed by atoms with E-state index in [9.17, 15) is 26.4 Å². The molecule has 0 amide bonds. The fourth-order valence-corrected chi connectivity index (χ4v) is 5.68. The molecule has 8 heteroatoms. The number of ketones is 1. The van der Waals surface area contributed by atoms with Gasteiger partial charge in [0.25, 0.3) is 0 Å². The van der Waals surface area contributed by atoms with Crippen molar-refractivity contribution >= 4 is 15.8 Å². The van der Waals surface area contributed by atoms with Crippen LogP contribution in [0.15, 0.2) is 53.4 Å². The molecule has 2 aromatic rings. The first kappa shape index (κ1) is 21.1. The maximum atomic E-state index is 13.1. The SMILES string of the molecule is NS(=O)(=O)c1ccc([C@@H]2[C@@H](C(=O)Cc3ccc(C(F)(F)F)cc3)C23CCCC3)cc1. The van der Waals surface area contributed by atoms with E-state index in [-0.39, 0.29) is 34.4 Å². The normalized spacial score (nSPS) is 22.9. The Labute approximate surface area is 173 Å². The Kier molecular flexibility index (Phi) is 5.05. The van der Waals surface area contributed by atoms with Gasteiger partial charge in [0, 0.05) is 18.3 Å². The summed E-state index contributed by atoms with van der Waals surface area (Å²) in [6.45, 7) is 0. The van der Waals surface area contributed by atoms with Crippen molar-refractivity contribution in [3.05, 3.63) is 65.2 Å². The predicted octanol–water partition coefficient (Wildman–Crippen LogP) is 4.44. The molecule has 2 N–H and O–H groups in total. The molecule has 30 heavy (non-hydrogen) atoms. The number of halogens is 3. The van der Waals surface area contributed by atoms with E-state index >= 15 is 0 Å². The van der Waals surface area contributed by atoms with E-state index in [1.807, 2.05) is 0 Å². The summed E-state index contributed by atoms with van der Waals surface area (Å²) in [6.07, 6.45) is -0.376. The van der Waals surface area contributed by atoms with Crippen molar-refractivity contribution in [1.29, 1.82) is 0 Å². The summed E-state index contributed by atoms with van der Waals surface area (Å²) in [7, 11) is -3.78. The fourth-order valence-electron chi connectivity index (χ4n) is 5.17. The highest BCUT2D eigenvalue weighted by Gasteiger charge is 2.67. The number of sulfonamides is 1. The number of nitrogens with two attached hydrogens (primary N) is 1. The molecule has 2 saturated carbocycles. The fraction of sp³-hybridized carbons (Fsp3) is 0.409. The highest BCUT2D eigenvalue weighted by molar-refractivity contribution is 7.89. The number of alkyl halides is 3. The lowest BCUT2D eigenvalue weighted by Crippen LogP contribution is -2.12. The van der Waals surface area contributed by atoms with Crippen molar-refractivity contribution in [3.63, 3.8) is 0 Å². The number of carbonyl (C=O) groups excluding carboxylic acids is 1. The number of benzene rings is 2. The Bertz CT molecular complexity index is 1050. The standard InChI is InChI=1S/C22H22F3NO3S/c23-22(24,25)16-7-3-14(4-8-16)13-18(27)20-19(21(20)11-1-2-12-21)15-5-9-17(10-6-15)30(26,28)29/h3-10,19-20H,1-2,11-13H2,(H2,26,28,29)/t19-,20-/m1/s1. The monoisotopic (exact) mass is 437 g/mol. The molecule has 0 aliphatic heterocycles. The van der Waals surface area contributed by atoms with Crippen LogP contribution in [0, 0.1) is 11.3 Å². The van der Waals surface area contributed by atoms with Gasteiger partial charge in [-0.15, -0.1) is 0 Å². The molecule has 0 unspecified atom stereocenters. The van der Waals surface area contributed by atoms with E-state index in [0.29, 0.717) is 5.56 Å². The summed E-state index contributed by atoms with van der Waals surface area (Å²) in [5.41, 5.74) is 0.628. The molecular formula is C22H22F3NO3S. The third-order valence-corrected chi connectivity index (χ3v) is 7.50. The van der Waals surface area contributed by atoms with Gasteiger partial charge in [-0.1, -0.05) is 37.1 Å². The minimum Gasteiger partial charge on any atom is -0.299 e. The molecule has 0 aromatic heterocycles. The minimum atomic E-state index is -4.40. The van der Waals surface area contributed by atoms with Crippen molar-refractivity contribution in [2.75, 3.05) is 0 Å². The van der Waals surface area contributed by atoms with Gasteiger partial charge in [0.15, 0.2) is 0 Å². The van der Waals surface area contributed by atoms with Crippen molar-refractivity contribution < 1.29 is 26.4 Å². The van der Waals surface area contributed by atoms with Gasteiger partial charge in [0.2, 0.25) is 10.0 Å². The maximum absolute atomic E-state index is 13.1. The van der Waals surface area contributed by atoms with Crippen LogP contribution in [0.5, 0.6) is 0 Å². The van der Waals surface area contributed by atoms with Crippen LogP contribution in [0.25, 0.3) is 0 Å². The lowest BCUT2D eigenvalue weighted by Gasteiger charge is -2.09. The van der Waals surface area contributed by atoms with Crippen molar-refractivity contribution in [1.82, 2.24) is 0 Å². The third kappa shape index (κ3) is 3.78. The van der Waals surface area contributed by atoms with E-state index in [0.717, 1.165) is 43.4 Å². The number of hydrogen-bond acceptors (Lipinski definition) is 3. The summed E-state index contributed by atoms with van der Waals surface area (Å²) < 4.78 is 61.2. The van der Waals surface area contributed by atoms with E-state index < -0.39 is 21.8 Å². The molecule has 4 nitrogen and oxygen atoms in total. The quantitative estimate of drug-likeness (QED) is 0.751. The topological polar surface area (TPSA) is 77.2 Å². The molecule has 2 fully saturated rings. The zero-order chi connectivity index (χ0) is 21.7. The molecule has 2 aromatic carbocycles. The van der Waals surface area contributed by atoms with Gasteiger partial charge in [-0.25, -0.2) is 13.6 Å². The molecular weight excluding hydrogens is 415 g/mol. The van der Waals surface area contributed by atoms with E-state index in [1.54, 1.807) is 12.1 Å². The lowest BCUT2D eigenvalue weighted by atomic mass is 9.95. The zero-order valence-corrected chi connectivity index (χ0v) is 17.0. The number of carbonyl (C=O) groups is 1. The minimum absolute atomic E-state index is 0.0106. The largest absolute Gasteiger partial charge is 0.416 e. The highest BCUT2D eigenvalue weighted by Crippen LogP contribution is 2.72. The smallest absolute Gasteiger partial charge is 0.299 e. The first-order valence-corrected chi connectivity index (χ1v) is 11.4. The zero-order valence-electron chi connectivity index (χ0n) is 16.2. The second kappa shape index (κ2) is 7.20. The first-order chi connectivity index (χ1) is 14.0. The molecule has 2 atom stereocenters. The van der Waals surface area contributed by atoms with E-state index in [4.69, 9.17) is 5.14 Å². The second-order valence-corrected chi connectivity index (χ2v) is 9.91. The Hall–Kier alpha value is -2.19. The second-order valence-electron chi connectivity index (χ2n) is 8.35. The van der Waals surface area contributed by atoms with Gasteiger partial charge in [-0.3, -0.25) is 4.79 Å².